The Hall–Kier alpha value is -3.03. The molecule has 0 spiro atoms. The van der Waals surface area contributed by atoms with Gasteiger partial charge < -0.3 is 9.69 Å². The van der Waals surface area contributed by atoms with Gasteiger partial charge in [-0.05, 0) is 37.0 Å². The van der Waals surface area contributed by atoms with Gasteiger partial charge in [0.05, 0.1) is 6.42 Å². The molecule has 28 heavy (non-hydrogen) atoms. The van der Waals surface area contributed by atoms with Crippen LogP contribution in [0.15, 0.2) is 18.2 Å². The second-order valence-electron chi connectivity index (χ2n) is 7.48. The normalized spacial score (nSPS) is 23.5. The van der Waals surface area contributed by atoms with Gasteiger partial charge in [0, 0.05) is 36.7 Å². The van der Waals surface area contributed by atoms with Crippen molar-refractivity contribution in [1.82, 2.24) is 10.2 Å². The van der Waals surface area contributed by atoms with Gasteiger partial charge in [0.15, 0.2) is 0 Å². The van der Waals surface area contributed by atoms with Crippen LogP contribution in [0.25, 0.3) is 0 Å². The first-order chi connectivity index (χ1) is 13.5. The molecule has 8 heteroatoms. The van der Waals surface area contributed by atoms with Crippen LogP contribution in [-0.4, -0.2) is 53.9 Å². The molecule has 3 aliphatic heterocycles. The number of aldehydes is 1. The quantitative estimate of drug-likeness (QED) is 0.600. The molecule has 0 radical (unpaired) electrons. The molecule has 1 atom stereocenters. The fourth-order valence-electron chi connectivity index (χ4n) is 4.26. The van der Waals surface area contributed by atoms with E-state index in [0.29, 0.717) is 24.2 Å². The summed E-state index contributed by atoms with van der Waals surface area (Å²) in [7, 11) is 0. The molecular weight excluding hydrogens is 362 g/mol. The van der Waals surface area contributed by atoms with E-state index in [1.54, 1.807) is 12.1 Å². The summed E-state index contributed by atoms with van der Waals surface area (Å²) >= 11 is 0. The van der Waals surface area contributed by atoms with Gasteiger partial charge in [0.25, 0.3) is 5.91 Å². The second kappa shape index (κ2) is 7.18. The minimum Gasteiger partial charge on any atom is -0.371 e. The molecule has 1 aromatic carbocycles. The van der Waals surface area contributed by atoms with Crippen molar-refractivity contribution in [2.75, 3.05) is 18.0 Å². The number of anilines is 1. The third-order valence-corrected chi connectivity index (χ3v) is 5.79. The van der Waals surface area contributed by atoms with Crippen LogP contribution in [0.3, 0.4) is 0 Å². The Morgan fingerprint density at radius 3 is 2.46 bits per heavy atom. The lowest BCUT2D eigenvalue weighted by Gasteiger charge is -2.37. The Labute approximate surface area is 161 Å². The first kappa shape index (κ1) is 18.3. The summed E-state index contributed by atoms with van der Waals surface area (Å²) in [6.07, 6.45) is 2.77. The third-order valence-electron chi connectivity index (χ3n) is 5.79. The molecule has 0 aliphatic carbocycles. The summed E-state index contributed by atoms with van der Waals surface area (Å²) in [4.78, 5) is 63.5. The number of hydrogen-bond donors (Lipinski definition) is 1. The van der Waals surface area contributed by atoms with Crippen molar-refractivity contribution in [2.24, 2.45) is 5.92 Å². The zero-order valence-corrected chi connectivity index (χ0v) is 15.3. The maximum absolute atomic E-state index is 13.1. The molecule has 0 saturated carbocycles. The Morgan fingerprint density at radius 2 is 1.79 bits per heavy atom. The Morgan fingerprint density at radius 1 is 1.04 bits per heavy atom. The van der Waals surface area contributed by atoms with E-state index < -0.39 is 23.8 Å². The highest BCUT2D eigenvalue weighted by atomic mass is 16.2. The van der Waals surface area contributed by atoms with Crippen LogP contribution in [0.1, 0.15) is 41.6 Å². The number of amides is 4. The number of nitrogens with one attached hydrogen (secondary N) is 1. The highest BCUT2D eigenvalue weighted by Gasteiger charge is 2.42. The molecule has 1 N–H and O–H groups in total. The maximum atomic E-state index is 13.1. The molecule has 0 bridgehead atoms. The van der Waals surface area contributed by atoms with Crippen LogP contribution in [0.2, 0.25) is 0 Å². The van der Waals surface area contributed by atoms with Crippen molar-refractivity contribution >= 4 is 35.6 Å². The minimum absolute atomic E-state index is 0.0303. The lowest BCUT2D eigenvalue weighted by molar-refractivity contribution is -0.143. The van der Waals surface area contributed by atoms with Crippen molar-refractivity contribution < 1.29 is 24.0 Å². The summed E-state index contributed by atoms with van der Waals surface area (Å²) in [5.74, 6) is -1.86. The van der Waals surface area contributed by atoms with Crippen molar-refractivity contribution in [3.8, 4) is 0 Å². The molecule has 2 fully saturated rings. The third kappa shape index (κ3) is 3.08. The van der Waals surface area contributed by atoms with Crippen LogP contribution in [0.4, 0.5) is 5.69 Å². The molecule has 3 heterocycles. The molecule has 1 aromatic rings. The maximum Gasteiger partial charge on any atom is 0.261 e. The molecule has 1 unspecified atom stereocenters. The highest BCUT2D eigenvalue weighted by Crippen LogP contribution is 2.33. The number of fused-ring (bicyclic) bond motifs is 1. The van der Waals surface area contributed by atoms with Crippen LogP contribution in [-0.2, 0) is 25.6 Å². The molecule has 8 nitrogen and oxygen atoms in total. The smallest absolute Gasteiger partial charge is 0.261 e. The highest BCUT2D eigenvalue weighted by molar-refractivity contribution is 6.14. The number of benzene rings is 1. The number of rotatable bonds is 3. The molecule has 146 valence electrons. The molecule has 4 rings (SSSR count). The number of imide groups is 2. The minimum atomic E-state index is -0.946. The van der Waals surface area contributed by atoms with E-state index in [9.17, 15) is 24.0 Å². The van der Waals surface area contributed by atoms with E-state index >= 15 is 0 Å². The number of piperidine rings is 2. The van der Waals surface area contributed by atoms with Crippen LogP contribution >= 0.6 is 0 Å². The predicted molar refractivity (Wildman–Crippen MR) is 98.5 cm³/mol. The van der Waals surface area contributed by atoms with Crippen LogP contribution < -0.4 is 10.2 Å². The monoisotopic (exact) mass is 383 g/mol. The fraction of sp³-hybridized carbons (Fsp3) is 0.450. The van der Waals surface area contributed by atoms with Gasteiger partial charge >= 0.3 is 0 Å². The summed E-state index contributed by atoms with van der Waals surface area (Å²) in [5, 5.41) is 2.20. The first-order valence-corrected chi connectivity index (χ1v) is 9.52. The van der Waals surface area contributed by atoms with Crippen molar-refractivity contribution in [3.63, 3.8) is 0 Å². The second-order valence-corrected chi connectivity index (χ2v) is 7.48. The Balaban J connectivity index is 1.62. The average molecular weight is 383 g/mol. The SMILES string of the molecule is O=CC1CCN(c2cccc3c2CC(=O)N(C2CCC(=O)NC2=O)C3=O)CC1. The van der Waals surface area contributed by atoms with Gasteiger partial charge in [-0.15, -0.1) is 0 Å². The Kier molecular flexibility index (Phi) is 4.70. The molecular formula is C20H21N3O5. The summed E-state index contributed by atoms with van der Waals surface area (Å²) in [6, 6.07) is 4.39. The molecule has 4 amide bonds. The van der Waals surface area contributed by atoms with Gasteiger partial charge in [-0.1, -0.05) is 6.07 Å². The van der Waals surface area contributed by atoms with Gasteiger partial charge in [0.2, 0.25) is 17.7 Å². The van der Waals surface area contributed by atoms with E-state index in [2.05, 4.69) is 10.2 Å². The van der Waals surface area contributed by atoms with E-state index in [-0.39, 0.29) is 31.1 Å². The van der Waals surface area contributed by atoms with Crippen LogP contribution in [0, 0.1) is 5.92 Å². The number of carbonyl (C=O) groups is 5. The molecule has 3 aliphatic rings. The average Bonchev–Trinajstić information content (AvgIpc) is 2.69. The van der Waals surface area contributed by atoms with E-state index in [4.69, 9.17) is 0 Å². The van der Waals surface area contributed by atoms with Gasteiger partial charge in [-0.3, -0.25) is 29.4 Å². The van der Waals surface area contributed by atoms with E-state index in [0.717, 1.165) is 29.7 Å². The number of hydrogen-bond acceptors (Lipinski definition) is 6. The van der Waals surface area contributed by atoms with Crippen molar-refractivity contribution in [2.45, 2.75) is 38.1 Å². The van der Waals surface area contributed by atoms with E-state index in [1.807, 2.05) is 6.07 Å². The van der Waals surface area contributed by atoms with Crippen molar-refractivity contribution in [1.29, 1.82) is 0 Å². The molecule has 0 aromatic heterocycles. The largest absolute Gasteiger partial charge is 0.371 e. The summed E-state index contributed by atoms with van der Waals surface area (Å²) in [6.45, 7) is 1.39. The summed E-state index contributed by atoms with van der Waals surface area (Å²) < 4.78 is 0. The first-order valence-electron chi connectivity index (χ1n) is 9.52. The fourth-order valence-corrected chi connectivity index (χ4v) is 4.26. The van der Waals surface area contributed by atoms with Crippen molar-refractivity contribution in [3.05, 3.63) is 29.3 Å². The standard InChI is InChI=1S/C20H21N3O5/c24-11-12-6-8-22(9-7-12)15-3-1-2-13-14(15)10-18(26)23(20(13)28)16-4-5-17(25)21-19(16)27/h1-3,11-12,16H,4-10H2,(H,21,25,27). The van der Waals surface area contributed by atoms with Gasteiger partial charge in [-0.25, -0.2) is 0 Å². The van der Waals surface area contributed by atoms with Gasteiger partial charge in [-0.2, -0.15) is 0 Å². The zero-order valence-electron chi connectivity index (χ0n) is 15.3. The topological polar surface area (TPSA) is 104 Å². The lowest BCUT2D eigenvalue weighted by Crippen LogP contribution is -2.58. The van der Waals surface area contributed by atoms with E-state index in [1.165, 1.54) is 0 Å². The zero-order chi connectivity index (χ0) is 19.8. The number of carbonyl (C=O) groups excluding carboxylic acids is 5. The lowest BCUT2D eigenvalue weighted by atomic mass is 9.91. The summed E-state index contributed by atoms with van der Waals surface area (Å²) in [5.41, 5.74) is 1.93. The molecule has 2 saturated heterocycles. The predicted octanol–water partition coefficient (Wildman–Crippen LogP) is 0.432. The number of nitrogens with zero attached hydrogens (tertiary/aromatic N) is 2. The Bertz CT molecular complexity index is 873. The van der Waals surface area contributed by atoms with Gasteiger partial charge in [0.1, 0.15) is 12.3 Å². The van der Waals surface area contributed by atoms with Crippen LogP contribution in [0.5, 0.6) is 0 Å².